The van der Waals surface area contributed by atoms with Gasteiger partial charge in [0, 0.05) is 24.7 Å². The van der Waals surface area contributed by atoms with E-state index in [1.165, 1.54) is 4.90 Å². The summed E-state index contributed by atoms with van der Waals surface area (Å²) in [4.78, 5) is 37.7. The number of benzene rings is 1. The number of nitrogens with zero attached hydrogens (tertiary/aromatic N) is 1. The molecule has 1 aromatic carbocycles. The lowest BCUT2D eigenvalue weighted by Gasteiger charge is -2.40. The second-order valence-electron chi connectivity index (χ2n) is 7.79. The zero-order valence-corrected chi connectivity index (χ0v) is 17.0. The Morgan fingerprint density at radius 1 is 1.18 bits per heavy atom. The van der Waals surface area contributed by atoms with Gasteiger partial charge in [0.2, 0.25) is 5.91 Å². The normalized spacial score (nSPS) is 16.2. The number of amides is 3. The van der Waals surface area contributed by atoms with E-state index < -0.39 is 23.3 Å². The van der Waals surface area contributed by atoms with Crippen molar-refractivity contribution in [3.63, 3.8) is 0 Å². The van der Waals surface area contributed by atoms with Crippen LogP contribution in [-0.2, 0) is 16.1 Å². The molecule has 28 heavy (non-hydrogen) atoms. The van der Waals surface area contributed by atoms with Crippen molar-refractivity contribution in [2.45, 2.75) is 51.3 Å². The molecule has 0 aromatic heterocycles. The zero-order valence-electron chi connectivity index (χ0n) is 16.3. The van der Waals surface area contributed by atoms with Gasteiger partial charge in [-0.3, -0.25) is 4.79 Å². The molecule has 2 rings (SSSR count). The van der Waals surface area contributed by atoms with Crippen LogP contribution in [0.4, 0.5) is 9.59 Å². The summed E-state index contributed by atoms with van der Waals surface area (Å²) in [5.74, 6) is -0.377. The predicted octanol–water partition coefficient (Wildman–Crippen LogP) is 2.99. The van der Waals surface area contributed by atoms with Gasteiger partial charge < -0.3 is 25.4 Å². The van der Waals surface area contributed by atoms with Crippen molar-refractivity contribution in [3.05, 3.63) is 34.9 Å². The average molecular weight is 412 g/mol. The number of hydrogen-bond acceptors (Lipinski definition) is 4. The van der Waals surface area contributed by atoms with Gasteiger partial charge in [-0.25, -0.2) is 9.59 Å². The van der Waals surface area contributed by atoms with Gasteiger partial charge in [0.25, 0.3) is 0 Å². The van der Waals surface area contributed by atoms with Crippen LogP contribution in [-0.4, -0.2) is 52.3 Å². The van der Waals surface area contributed by atoms with E-state index in [9.17, 15) is 14.4 Å². The van der Waals surface area contributed by atoms with Crippen molar-refractivity contribution >= 4 is 29.7 Å². The highest BCUT2D eigenvalue weighted by molar-refractivity contribution is 6.30. The number of piperidine rings is 1. The van der Waals surface area contributed by atoms with Gasteiger partial charge in [-0.1, -0.05) is 23.7 Å². The Bertz CT molecular complexity index is 722. The maximum absolute atomic E-state index is 13.0. The smallest absolute Gasteiger partial charge is 0.408 e. The highest BCUT2D eigenvalue weighted by Crippen LogP contribution is 2.24. The van der Waals surface area contributed by atoms with Crippen molar-refractivity contribution < 1.29 is 24.2 Å². The number of halogens is 1. The van der Waals surface area contributed by atoms with Crippen molar-refractivity contribution in [3.8, 4) is 0 Å². The SMILES string of the molecule is CC(C)(C)OC(=O)NC1(C(=O)NCc2ccc(Cl)cc2)CCN(C(=O)O)CC1. The van der Waals surface area contributed by atoms with Gasteiger partial charge in [-0.2, -0.15) is 0 Å². The van der Waals surface area contributed by atoms with Crippen LogP contribution in [0.3, 0.4) is 0 Å². The molecule has 9 heteroatoms. The molecule has 0 saturated carbocycles. The van der Waals surface area contributed by atoms with Crippen LogP contribution >= 0.6 is 11.6 Å². The molecule has 0 unspecified atom stereocenters. The van der Waals surface area contributed by atoms with Crippen LogP contribution in [0, 0.1) is 0 Å². The van der Waals surface area contributed by atoms with Crippen LogP contribution < -0.4 is 10.6 Å². The van der Waals surface area contributed by atoms with E-state index in [-0.39, 0.29) is 38.4 Å². The quantitative estimate of drug-likeness (QED) is 0.705. The van der Waals surface area contributed by atoms with Crippen LogP contribution in [0.25, 0.3) is 0 Å². The lowest BCUT2D eigenvalue weighted by molar-refractivity contribution is -0.129. The fraction of sp³-hybridized carbons (Fsp3) is 0.526. The number of carbonyl (C=O) groups is 3. The fourth-order valence-corrected chi connectivity index (χ4v) is 3.07. The molecular weight excluding hydrogens is 386 g/mol. The first-order valence-corrected chi connectivity index (χ1v) is 9.40. The Hall–Kier alpha value is -2.48. The number of carbonyl (C=O) groups excluding carboxylic acids is 2. The molecule has 1 saturated heterocycles. The van der Waals surface area contributed by atoms with Crippen molar-refractivity contribution in [2.24, 2.45) is 0 Å². The molecule has 8 nitrogen and oxygen atoms in total. The molecule has 1 fully saturated rings. The number of carboxylic acid groups (broad SMARTS) is 1. The van der Waals surface area contributed by atoms with Crippen molar-refractivity contribution in [1.82, 2.24) is 15.5 Å². The summed E-state index contributed by atoms with van der Waals surface area (Å²) in [7, 11) is 0. The highest BCUT2D eigenvalue weighted by Gasteiger charge is 2.44. The predicted molar refractivity (Wildman–Crippen MR) is 104 cm³/mol. The Morgan fingerprint density at radius 3 is 2.25 bits per heavy atom. The molecule has 0 radical (unpaired) electrons. The van der Waals surface area contributed by atoms with E-state index in [0.29, 0.717) is 5.02 Å². The largest absolute Gasteiger partial charge is 0.465 e. The third-order valence-corrected chi connectivity index (χ3v) is 4.68. The molecule has 0 spiro atoms. The maximum atomic E-state index is 13.0. The minimum Gasteiger partial charge on any atom is -0.465 e. The monoisotopic (exact) mass is 411 g/mol. The number of likely N-dealkylation sites (tertiary alicyclic amines) is 1. The Balaban J connectivity index is 2.10. The maximum Gasteiger partial charge on any atom is 0.408 e. The Kier molecular flexibility index (Phi) is 6.77. The van der Waals surface area contributed by atoms with E-state index in [1.54, 1.807) is 45.0 Å². The molecule has 1 aliphatic rings. The van der Waals surface area contributed by atoms with Crippen molar-refractivity contribution in [2.75, 3.05) is 13.1 Å². The van der Waals surface area contributed by atoms with E-state index in [0.717, 1.165) is 5.56 Å². The number of nitrogens with one attached hydrogen (secondary N) is 2. The van der Waals surface area contributed by atoms with E-state index in [2.05, 4.69) is 10.6 Å². The van der Waals surface area contributed by atoms with Crippen LogP contribution in [0.15, 0.2) is 24.3 Å². The van der Waals surface area contributed by atoms with Gasteiger partial charge in [0.05, 0.1) is 0 Å². The lowest BCUT2D eigenvalue weighted by atomic mass is 9.86. The molecular formula is C19H26ClN3O5. The number of hydrogen-bond donors (Lipinski definition) is 3. The van der Waals surface area contributed by atoms with E-state index >= 15 is 0 Å². The summed E-state index contributed by atoms with van der Waals surface area (Å²) in [6, 6.07) is 7.04. The summed E-state index contributed by atoms with van der Waals surface area (Å²) in [6.45, 7) is 5.72. The summed E-state index contributed by atoms with van der Waals surface area (Å²) >= 11 is 5.87. The minimum atomic E-state index is -1.24. The van der Waals surface area contributed by atoms with Crippen molar-refractivity contribution in [1.29, 1.82) is 0 Å². The zero-order chi connectivity index (χ0) is 20.9. The molecule has 0 atom stereocenters. The molecule has 1 aliphatic heterocycles. The Morgan fingerprint density at radius 2 is 1.75 bits per heavy atom. The minimum absolute atomic E-state index is 0.138. The van der Waals surface area contributed by atoms with E-state index in [4.69, 9.17) is 21.4 Å². The second kappa shape index (κ2) is 8.68. The third kappa shape index (κ3) is 6.02. The van der Waals surface area contributed by atoms with Crippen LogP contribution in [0.1, 0.15) is 39.2 Å². The highest BCUT2D eigenvalue weighted by atomic mass is 35.5. The first-order chi connectivity index (χ1) is 13.0. The molecule has 3 N–H and O–H groups in total. The first kappa shape index (κ1) is 21.8. The number of ether oxygens (including phenoxy) is 1. The second-order valence-corrected chi connectivity index (χ2v) is 8.22. The van der Waals surface area contributed by atoms with Gasteiger partial charge in [-0.05, 0) is 51.3 Å². The summed E-state index contributed by atoms with van der Waals surface area (Å²) < 4.78 is 5.29. The van der Waals surface area contributed by atoms with Gasteiger partial charge >= 0.3 is 12.2 Å². The lowest BCUT2D eigenvalue weighted by Crippen LogP contribution is -2.64. The van der Waals surface area contributed by atoms with E-state index in [1.807, 2.05) is 0 Å². The van der Waals surface area contributed by atoms with Crippen LogP contribution in [0.2, 0.25) is 5.02 Å². The average Bonchev–Trinajstić information content (AvgIpc) is 2.59. The van der Waals surface area contributed by atoms with Crippen LogP contribution in [0.5, 0.6) is 0 Å². The summed E-state index contributed by atoms with van der Waals surface area (Å²) in [6.07, 6.45) is -1.44. The van der Waals surface area contributed by atoms with Gasteiger partial charge in [-0.15, -0.1) is 0 Å². The fourth-order valence-electron chi connectivity index (χ4n) is 2.94. The molecule has 1 heterocycles. The van der Waals surface area contributed by atoms with Gasteiger partial charge in [0.15, 0.2) is 0 Å². The van der Waals surface area contributed by atoms with Gasteiger partial charge in [0.1, 0.15) is 11.1 Å². The molecule has 0 aliphatic carbocycles. The number of alkyl carbamates (subject to hydrolysis) is 1. The summed E-state index contributed by atoms with van der Waals surface area (Å²) in [5.41, 5.74) is -1.10. The topological polar surface area (TPSA) is 108 Å². The standard InChI is InChI=1S/C19H26ClN3O5/c1-18(2,3)28-16(25)22-19(8-10-23(11-9-19)17(26)27)15(24)21-12-13-4-6-14(20)7-5-13/h4-7H,8-12H2,1-3H3,(H,21,24)(H,22,25)(H,26,27). The first-order valence-electron chi connectivity index (χ1n) is 9.02. The Labute approximate surface area is 169 Å². The summed E-state index contributed by atoms with van der Waals surface area (Å²) in [5, 5.41) is 15.3. The molecule has 154 valence electrons. The molecule has 0 bridgehead atoms. The third-order valence-electron chi connectivity index (χ3n) is 4.43. The molecule has 3 amide bonds. The molecule has 1 aromatic rings. The number of rotatable bonds is 4.